The number of amides is 6. The molecule has 2 aromatic carbocycles. The summed E-state index contributed by atoms with van der Waals surface area (Å²) in [5.41, 5.74) is 7.72. The van der Waals surface area contributed by atoms with E-state index in [4.69, 9.17) is 14.2 Å². The first kappa shape index (κ1) is 55.4. The second-order valence-electron chi connectivity index (χ2n) is 19.9. The van der Waals surface area contributed by atoms with E-state index in [1.165, 1.54) is 23.1 Å². The number of fused-ring (bicyclic) bond motifs is 1. The summed E-state index contributed by atoms with van der Waals surface area (Å²) in [4.78, 5) is 93.0. The molecule has 398 valence electrons. The van der Waals surface area contributed by atoms with Gasteiger partial charge in [0, 0.05) is 74.9 Å². The number of aromatic nitrogens is 2. The molecule has 3 aliphatic rings. The fraction of sp³-hybridized carbons (Fsp3) is 0.491. The smallest absolute Gasteiger partial charge is 0.256 e. The van der Waals surface area contributed by atoms with Crippen molar-refractivity contribution < 1.29 is 52.5 Å². The third-order valence-electron chi connectivity index (χ3n) is 13.3. The zero-order chi connectivity index (χ0) is 53.1. The zero-order valence-corrected chi connectivity index (χ0v) is 43.8. The molecule has 2 saturated heterocycles. The van der Waals surface area contributed by atoms with Crippen LogP contribution in [0.25, 0.3) is 22.1 Å². The molecule has 0 saturated carbocycles. The lowest BCUT2D eigenvalue weighted by Gasteiger charge is -2.35. The molecule has 0 aliphatic carbocycles. The van der Waals surface area contributed by atoms with E-state index in [1.54, 1.807) is 34.7 Å². The minimum Gasteiger partial charge on any atom is -0.391 e. The van der Waals surface area contributed by atoms with Gasteiger partial charge in [-0.1, -0.05) is 45.0 Å². The van der Waals surface area contributed by atoms with E-state index in [9.17, 15) is 38.3 Å². The van der Waals surface area contributed by atoms with Crippen LogP contribution in [-0.2, 0) is 44.7 Å². The van der Waals surface area contributed by atoms with Gasteiger partial charge in [0.25, 0.3) is 11.8 Å². The summed E-state index contributed by atoms with van der Waals surface area (Å²) in [6, 6.07) is 10.0. The number of halogens is 1. The number of hydrogen-bond acceptors (Lipinski definition) is 13. The van der Waals surface area contributed by atoms with Crippen LogP contribution in [0.1, 0.15) is 77.7 Å². The standard InChI is InChI=1S/C53H68FN9O10S/c1-32-42(26-40-39-24-37(54)12-13-41(39)59-49(40)67)58-33(2)46(32)51(69)55-14-7-15-61-16-18-62(19-17-61)45(66)30-73-23-21-71-20-22-72-29-44(65)60-48(53(4,5)6)52(70)63-28-38(64)25-43(63)50(68)56-27-35-8-10-36(11-9-35)47-34(3)57-31-74-47/h8-13,24,26,31,38,43,48,58,64H,7,14-23,25,27-30H2,1-6H3,(H,55,69)(H,56,68)(H,59,67)(H,60,65)/b40-26-/t38-,43+,48-/m1/s1. The number of H-pyrrole nitrogens is 1. The first-order valence-corrected chi connectivity index (χ1v) is 25.8. The van der Waals surface area contributed by atoms with Gasteiger partial charge in [-0.2, -0.15) is 0 Å². The number of nitrogens with one attached hydrogen (secondary N) is 5. The molecule has 2 fully saturated rings. The quantitative estimate of drug-likeness (QED) is 0.0487. The van der Waals surface area contributed by atoms with Crippen LogP contribution in [0.3, 0.4) is 0 Å². The van der Waals surface area contributed by atoms with Gasteiger partial charge in [0.05, 0.1) is 59.7 Å². The van der Waals surface area contributed by atoms with E-state index in [1.807, 2.05) is 58.9 Å². The number of aromatic amines is 1. The van der Waals surface area contributed by atoms with Gasteiger partial charge in [-0.05, 0) is 80.1 Å². The van der Waals surface area contributed by atoms with Crippen LogP contribution >= 0.6 is 11.3 Å². The SMILES string of the molecule is Cc1ncsc1-c1ccc(CNC(=O)[C@@H]2C[C@@H](O)CN2C(=O)[C@@H](NC(=O)COCCOCCOCC(=O)N2CCN(CCCNC(=O)c3c(C)[nH]c(/C=C4\C(=O)Nc5ccc(F)cc54)c3C)CC2)C(C)(C)C)cc1. The van der Waals surface area contributed by atoms with Crippen molar-refractivity contribution in [2.24, 2.45) is 5.41 Å². The van der Waals surface area contributed by atoms with E-state index < -0.39 is 41.2 Å². The predicted molar refractivity (Wildman–Crippen MR) is 277 cm³/mol. The minimum absolute atomic E-state index is 0.0374. The fourth-order valence-electron chi connectivity index (χ4n) is 9.26. The molecule has 6 amide bonds. The fourth-order valence-corrected chi connectivity index (χ4v) is 10.1. The number of anilines is 1. The van der Waals surface area contributed by atoms with E-state index in [-0.39, 0.29) is 82.8 Å². The number of benzene rings is 2. The third kappa shape index (κ3) is 14.3. The zero-order valence-electron chi connectivity index (χ0n) is 42.9. The van der Waals surface area contributed by atoms with Gasteiger partial charge in [0.15, 0.2) is 0 Å². The van der Waals surface area contributed by atoms with Gasteiger partial charge < -0.3 is 55.4 Å². The van der Waals surface area contributed by atoms with Crippen LogP contribution in [0.2, 0.25) is 0 Å². The number of piperazine rings is 1. The summed E-state index contributed by atoms with van der Waals surface area (Å²) in [7, 11) is 0. The Morgan fingerprint density at radius 1 is 0.946 bits per heavy atom. The first-order valence-electron chi connectivity index (χ1n) is 25.0. The number of rotatable bonds is 22. The van der Waals surface area contributed by atoms with Crippen LogP contribution in [-0.4, -0.2) is 169 Å². The highest BCUT2D eigenvalue weighted by Crippen LogP contribution is 2.35. The number of aliphatic hydroxyl groups is 1. The van der Waals surface area contributed by atoms with E-state index in [0.29, 0.717) is 78.5 Å². The molecule has 21 heteroatoms. The molecule has 74 heavy (non-hydrogen) atoms. The monoisotopic (exact) mass is 1040 g/mol. The number of carbonyl (C=O) groups excluding carboxylic acids is 6. The summed E-state index contributed by atoms with van der Waals surface area (Å²) < 4.78 is 30.6. The van der Waals surface area contributed by atoms with Crippen LogP contribution in [0.15, 0.2) is 48.0 Å². The number of aryl methyl sites for hydroxylation is 2. The molecule has 5 heterocycles. The Hall–Kier alpha value is -6.36. The lowest BCUT2D eigenvalue weighted by Crippen LogP contribution is -2.58. The number of thiazole rings is 1. The van der Waals surface area contributed by atoms with Gasteiger partial charge in [0.1, 0.15) is 31.1 Å². The Bertz CT molecular complexity index is 2690. The molecule has 6 N–H and O–H groups in total. The van der Waals surface area contributed by atoms with Crippen molar-refractivity contribution in [2.75, 3.05) is 90.8 Å². The second kappa shape index (κ2) is 25.2. The molecule has 3 atom stereocenters. The van der Waals surface area contributed by atoms with Gasteiger partial charge >= 0.3 is 0 Å². The third-order valence-corrected chi connectivity index (χ3v) is 14.3. The molecule has 7 rings (SSSR count). The highest BCUT2D eigenvalue weighted by Gasteiger charge is 2.44. The predicted octanol–water partition coefficient (Wildman–Crippen LogP) is 3.82. The number of β-amino-alcohol motifs (C(OH)–C–C–N with tert-alkyl or cyclic N) is 1. The maximum absolute atomic E-state index is 14.0. The average molecular weight is 1040 g/mol. The van der Waals surface area contributed by atoms with Gasteiger partial charge in [-0.25, -0.2) is 9.37 Å². The number of carbonyl (C=O) groups is 6. The van der Waals surface area contributed by atoms with Crippen molar-refractivity contribution in [3.8, 4) is 10.4 Å². The Balaban J connectivity index is 0.726. The van der Waals surface area contributed by atoms with E-state index in [2.05, 4.69) is 36.1 Å². The van der Waals surface area contributed by atoms with Crippen molar-refractivity contribution in [3.05, 3.63) is 93.1 Å². The lowest BCUT2D eigenvalue weighted by atomic mass is 9.85. The maximum Gasteiger partial charge on any atom is 0.256 e. The summed E-state index contributed by atoms with van der Waals surface area (Å²) in [6.45, 7) is 15.1. The highest BCUT2D eigenvalue weighted by atomic mass is 32.1. The minimum atomic E-state index is -0.995. The molecule has 0 radical (unpaired) electrons. The van der Waals surface area contributed by atoms with Gasteiger partial charge in [0.2, 0.25) is 23.6 Å². The Labute approximate surface area is 434 Å². The largest absolute Gasteiger partial charge is 0.391 e. The van der Waals surface area contributed by atoms with E-state index in [0.717, 1.165) is 28.2 Å². The van der Waals surface area contributed by atoms with Gasteiger partial charge in [-0.15, -0.1) is 11.3 Å². The number of ether oxygens (including phenoxy) is 3. The Morgan fingerprint density at radius 3 is 2.34 bits per heavy atom. The van der Waals surface area contributed by atoms with Crippen molar-refractivity contribution >= 4 is 64.1 Å². The van der Waals surface area contributed by atoms with Crippen LogP contribution in [0.5, 0.6) is 0 Å². The molecule has 19 nitrogen and oxygen atoms in total. The Morgan fingerprint density at radius 2 is 1.65 bits per heavy atom. The van der Waals surface area contributed by atoms with Crippen molar-refractivity contribution in [1.82, 2.24) is 40.6 Å². The maximum atomic E-state index is 14.0. The van der Waals surface area contributed by atoms with Crippen molar-refractivity contribution in [1.29, 1.82) is 0 Å². The van der Waals surface area contributed by atoms with Crippen LogP contribution in [0, 0.1) is 32.0 Å². The highest BCUT2D eigenvalue weighted by molar-refractivity contribution is 7.13. The average Bonchev–Trinajstić information content (AvgIpc) is 4.13. The Kier molecular flexibility index (Phi) is 18.9. The summed E-state index contributed by atoms with van der Waals surface area (Å²) in [5.74, 6) is -2.50. The molecule has 0 spiro atoms. The van der Waals surface area contributed by atoms with Crippen molar-refractivity contribution in [3.63, 3.8) is 0 Å². The van der Waals surface area contributed by atoms with Gasteiger partial charge in [-0.3, -0.25) is 33.7 Å². The van der Waals surface area contributed by atoms with Crippen molar-refractivity contribution in [2.45, 2.75) is 79.1 Å². The second-order valence-corrected chi connectivity index (χ2v) is 20.7. The van der Waals surface area contributed by atoms with Crippen LogP contribution < -0.4 is 21.3 Å². The summed E-state index contributed by atoms with van der Waals surface area (Å²) in [5, 5.41) is 22.0. The number of nitrogens with zero attached hydrogens (tertiary/aromatic N) is 4. The molecule has 0 unspecified atom stereocenters. The summed E-state index contributed by atoms with van der Waals surface area (Å²) >= 11 is 1.56. The lowest BCUT2D eigenvalue weighted by molar-refractivity contribution is -0.144. The topological polar surface area (TPSA) is 237 Å². The normalized spacial score (nSPS) is 17.8. The number of aliphatic hydroxyl groups excluding tert-OH is 1. The number of hydrogen-bond donors (Lipinski definition) is 6. The van der Waals surface area contributed by atoms with E-state index >= 15 is 0 Å². The van der Waals surface area contributed by atoms with Crippen LogP contribution in [0.4, 0.5) is 10.1 Å². The first-order chi connectivity index (χ1) is 35.4. The summed E-state index contributed by atoms with van der Waals surface area (Å²) in [6.07, 6.45) is 1.54. The molecule has 2 aromatic heterocycles. The molecule has 3 aliphatic heterocycles. The molecular weight excluding hydrogens is 974 g/mol. The number of likely N-dealkylation sites (tertiary alicyclic amines) is 1. The molecular formula is C53H68FN9O10S. The molecule has 0 bridgehead atoms. The molecule has 4 aromatic rings.